The fraction of sp³-hybridized carbons (Fsp3) is 0.240. The Hall–Kier alpha value is -3.44. The topological polar surface area (TPSA) is 62.7 Å². The molecule has 5 nitrogen and oxygen atoms in total. The van der Waals surface area contributed by atoms with Crippen molar-refractivity contribution in [3.05, 3.63) is 77.6 Å². The van der Waals surface area contributed by atoms with Gasteiger partial charge in [0, 0.05) is 35.7 Å². The highest BCUT2D eigenvalue weighted by atomic mass is 35.5. The molecule has 0 aliphatic heterocycles. The first kappa shape index (κ1) is 26.6. The van der Waals surface area contributed by atoms with Gasteiger partial charge in [0.05, 0.1) is 28.2 Å². The summed E-state index contributed by atoms with van der Waals surface area (Å²) in [6.45, 7) is 2.55. The zero-order chi connectivity index (χ0) is 26.8. The molecule has 3 aromatic heterocycles. The summed E-state index contributed by atoms with van der Waals surface area (Å²) in [6.07, 6.45) is -7.86. The van der Waals surface area contributed by atoms with Gasteiger partial charge in [0.2, 0.25) is 0 Å². The average molecular weight is 540 g/mol. The van der Waals surface area contributed by atoms with Crippen molar-refractivity contribution in [2.24, 2.45) is 0 Å². The van der Waals surface area contributed by atoms with Crippen LogP contribution in [0.2, 0.25) is 0 Å². The van der Waals surface area contributed by atoms with E-state index < -0.39 is 23.5 Å². The average Bonchev–Trinajstić information content (AvgIpc) is 2.83. The minimum Gasteiger partial charge on any atom is -0.355 e. The Labute approximate surface area is 212 Å². The summed E-state index contributed by atoms with van der Waals surface area (Å²) in [4.78, 5) is 12.7. The van der Waals surface area contributed by atoms with E-state index in [4.69, 9.17) is 11.6 Å². The minimum absolute atomic E-state index is 0.0205. The number of anilines is 2. The van der Waals surface area contributed by atoms with Crippen LogP contribution < -0.4 is 10.6 Å². The van der Waals surface area contributed by atoms with Crippen molar-refractivity contribution in [2.45, 2.75) is 31.2 Å². The lowest BCUT2D eigenvalue weighted by molar-refractivity contribution is -0.138. The molecule has 2 N–H and O–H groups in total. The summed E-state index contributed by atoms with van der Waals surface area (Å²) in [5.41, 5.74) is -0.592. The largest absolute Gasteiger partial charge is 0.418 e. The second-order valence-electron chi connectivity index (χ2n) is 8.24. The molecule has 1 atom stereocenters. The molecule has 12 heteroatoms. The molecule has 0 aliphatic rings. The van der Waals surface area contributed by atoms with Crippen molar-refractivity contribution in [3.8, 4) is 11.4 Å². The van der Waals surface area contributed by atoms with Crippen molar-refractivity contribution >= 4 is 34.0 Å². The lowest BCUT2D eigenvalue weighted by atomic mass is 10.1. The number of hydrogen-bond donors (Lipinski definition) is 2. The quantitative estimate of drug-likeness (QED) is 0.192. The number of nitrogens with one attached hydrogen (secondary N) is 2. The Morgan fingerprint density at radius 1 is 0.919 bits per heavy atom. The number of hydrogen-bond acceptors (Lipinski definition) is 5. The maximum absolute atomic E-state index is 13.5. The molecule has 0 amide bonds. The van der Waals surface area contributed by atoms with Crippen LogP contribution in [0.15, 0.2) is 60.8 Å². The van der Waals surface area contributed by atoms with Gasteiger partial charge < -0.3 is 10.6 Å². The third kappa shape index (κ3) is 6.47. The molecule has 1 aromatic carbocycles. The molecule has 0 fully saturated rings. The first-order valence-corrected chi connectivity index (χ1v) is 11.5. The van der Waals surface area contributed by atoms with Gasteiger partial charge in [-0.3, -0.25) is 4.98 Å². The number of halogens is 7. The first-order chi connectivity index (χ1) is 17.4. The number of aromatic nitrogens is 3. The molecule has 0 spiro atoms. The summed E-state index contributed by atoms with van der Waals surface area (Å²) >= 11 is 5.98. The van der Waals surface area contributed by atoms with Gasteiger partial charge >= 0.3 is 12.4 Å². The van der Waals surface area contributed by atoms with E-state index in [2.05, 4.69) is 25.6 Å². The smallest absolute Gasteiger partial charge is 0.355 e. The van der Waals surface area contributed by atoms with Gasteiger partial charge in [0.15, 0.2) is 5.65 Å². The van der Waals surface area contributed by atoms with E-state index in [9.17, 15) is 26.3 Å². The molecule has 37 heavy (non-hydrogen) atoms. The van der Waals surface area contributed by atoms with Crippen LogP contribution >= 0.6 is 11.6 Å². The normalized spacial score (nSPS) is 13.1. The summed E-state index contributed by atoms with van der Waals surface area (Å²) in [6, 6.07) is 11.2. The van der Waals surface area contributed by atoms with E-state index in [0.717, 1.165) is 18.2 Å². The summed E-state index contributed by atoms with van der Waals surface area (Å²) < 4.78 is 79.4. The van der Waals surface area contributed by atoms with Gasteiger partial charge in [-0.05, 0) is 61.5 Å². The fourth-order valence-corrected chi connectivity index (χ4v) is 3.73. The number of alkyl halides is 7. The van der Waals surface area contributed by atoms with Gasteiger partial charge in [-0.2, -0.15) is 26.3 Å². The van der Waals surface area contributed by atoms with E-state index in [0.29, 0.717) is 29.0 Å². The number of benzene rings is 1. The lowest BCUT2D eigenvalue weighted by Crippen LogP contribution is -2.21. The van der Waals surface area contributed by atoms with Crippen molar-refractivity contribution in [3.63, 3.8) is 0 Å². The van der Waals surface area contributed by atoms with Gasteiger partial charge in [-0.25, -0.2) is 9.97 Å². The van der Waals surface area contributed by atoms with Crippen LogP contribution in [0, 0.1) is 0 Å². The van der Waals surface area contributed by atoms with Crippen LogP contribution in [0.3, 0.4) is 0 Å². The molecule has 0 bridgehead atoms. The van der Waals surface area contributed by atoms with Crippen LogP contribution in [0.1, 0.15) is 23.7 Å². The predicted molar refractivity (Wildman–Crippen MR) is 130 cm³/mol. The third-order valence-electron chi connectivity index (χ3n) is 5.30. The minimum atomic E-state index is -4.63. The van der Waals surface area contributed by atoms with Gasteiger partial charge in [-0.1, -0.05) is 0 Å². The monoisotopic (exact) mass is 539 g/mol. The zero-order valence-corrected chi connectivity index (χ0v) is 20.0. The molecule has 1 unspecified atom stereocenters. The predicted octanol–water partition coefficient (Wildman–Crippen LogP) is 7.19. The Kier molecular flexibility index (Phi) is 7.56. The number of nitrogens with zero attached hydrogens (tertiary/aromatic N) is 3. The molecule has 3 heterocycles. The van der Waals surface area contributed by atoms with E-state index >= 15 is 0 Å². The maximum Gasteiger partial charge on any atom is 0.418 e. The Balaban J connectivity index is 1.77. The molecule has 4 aromatic rings. The van der Waals surface area contributed by atoms with Crippen LogP contribution in [-0.4, -0.2) is 26.9 Å². The molecule has 4 rings (SSSR count). The van der Waals surface area contributed by atoms with Crippen molar-refractivity contribution in [2.75, 3.05) is 11.9 Å². The van der Waals surface area contributed by atoms with E-state index in [1.54, 1.807) is 19.1 Å². The van der Waals surface area contributed by atoms with Crippen molar-refractivity contribution < 1.29 is 26.3 Å². The van der Waals surface area contributed by atoms with Crippen LogP contribution in [0.5, 0.6) is 0 Å². The molecule has 194 valence electrons. The lowest BCUT2D eigenvalue weighted by Gasteiger charge is -2.15. The van der Waals surface area contributed by atoms with E-state index in [-0.39, 0.29) is 29.0 Å². The molecular weight excluding hydrogens is 520 g/mol. The standard InChI is InChI=1S/C25H20ClF6N5/c1-14(26)12-33-13-17-11-21(35-16-6-4-15(5-7-16)24(27,28)29)18-8-9-20(37-23(18)36-17)22-19(25(30,31)32)3-2-10-34-22/h2-11,14,33H,12-13H2,1H3,(H,35,36,37). The Bertz CT molecular complexity index is 1390. The maximum atomic E-state index is 13.5. The van der Waals surface area contributed by atoms with Crippen molar-refractivity contribution in [1.82, 2.24) is 20.3 Å². The summed E-state index contributed by atoms with van der Waals surface area (Å²) in [5.74, 6) is 0. The highest BCUT2D eigenvalue weighted by Gasteiger charge is 2.34. The summed E-state index contributed by atoms with van der Waals surface area (Å²) in [5, 5.41) is 6.49. The number of pyridine rings is 3. The molecule has 0 aliphatic carbocycles. The van der Waals surface area contributed by atoms with Gasteiger partial charge in [0.25, 0.3) is 0 Å². The second kappa shape index (κ2) is 10.5. The molecule has 0 saturated carbocycles. The van der Waals surface area contributed by atoms with E-state index in [1.165, 1.54) is 30.5 Å². The van der Waals surface area contributed by atoms with Crippen LogP contribution in [0.4, 0.5) is 37.7 Å². The number of rotatable bonds is 7. The Morgan fingerprint density at radius 3 is 2.30 bits per heavy atom. The van der Waals surface area contributed by atoms with Gasteiger partial charge in [0.1, 0.15) is 5.69 Å². The van der Waals surface area contributed by atoms with E-state index in [1.807, 2.05) is 0 Å². The van der Waals surface area contributed by atoms with Crippen LogP contribution in [-0.2, 0) is 18.9 Å². The molecule has 0 saturated heterocycles. The summed E-state index contributed by atoms with van der Waals surface area (Å²) in [7, 11) is 0. The fourth-order valence-electron chi connectivity index (χ4n) is 3.62. The van der Waals surface area contributed by atoms with Crippen molar-refractivity contribution in [1.29, 1.82) is 0 Å². The highest BCUT2D eigenvalue weighted by Crippen LogP contribution is 2.36. The Morgan fingerprint density at radius 2 is 1.65 bits per heavy atom. The highest BCUT2D eigenvalue weighted by molar-refractivity contribution is 6.20. The second-order valence-corrected chi connectivity index (χ2v) is 8.98. The molecular formula is C25H20ClF6N5. The number of fused-ring (bicyclic) bond motifs is 1. The van der Waals surface area contributed by atoms with Gasteiger partial charge in [-0.15, -0.1) is 11.6 Å². The SMILES string of the molecule is CC(Cl)CNCc1cc(Nc2ccc(C(F)(F)F)cc2)c2ccc(-c3ncccc3C(F)(F)F)nc2n1. The molecule has 0 radical (unpaired) electrons. The zero-order valence-electron chi connectivity index (χ0n) is 19.3. The van der Waals surface area contributed by atoms with Crippen LogP contribution in [0.25, 0.3) is 22.4 Å². The first-order valence-electron chi connectivity index (χ1n) is 11.0. The third-order valence-corrected chi connectivity index (χ3v) is 5.46.